The van der Waals surface area contributed by atoms with Crippen molar-refractivity contribution in [3.63, 3.8) is 0 Å². The molecular weight excluding hydrogens is 239 g/mol. The molecule has 0 radical (unpaired) electrons. The summed E-state index contributed by atoms with van der Waals surface area (Å²) in [6, 6.07) is 6.28. The molecule has 1 aliphatic heterocycles. The Bertz CT molecular complexity index is 433. The maximum Gasteiger partial charge on any atom is 0.128 e. The van der Waals surface area contributed by atoms with E-state index in [1.165, 1.54) is 12.5 Å². The van der Waals surface area contributed by atoms with Crippen LogP contribution in [0.4, 0.5) is 10.1 Å². The van der Waals surface area contributed by atoms with Gasteiger partial charge in [-0.25, -0.2) is 4.39 Å². The molecule has 19 heavy (non-hydrogen) atoms. The molecule has 2 nitrogen and oxygen atoms in total. The average molecular weight is 264 g/mol. The normalized spacial score (nSPS) is 25.4. The summed E-state index contributed by atoms with van der Waals surface area (Å²) in [7, 11) is 0. The van der Waals surface area contributed by atoms with Crippen LogP contribution in [0.3, 0.4) is 0 Å². The number of nitrogens with one attached hydrogen (secondary N) is 1. The van der Waals surface area contributed by atoms with E-state index < -0.39 is 0 Å². The molecule has 0 saturated carbocycles. The quantitative estimate of drug-likeness (QED) is 0.900. The van der Waals surface area contributed by atoms with Gasteiger partial charge in [0.25, 0.3) is 0 Å². The lowest BCUT2D eigenvalue weighted by Crippen LogP contribution is -2.57. The summed E-state index contributed by atoms with van der Waals surface area (Å²) in [5.41, 5.74) is 1.81. The molecule has 106 valence electrons. The van der Waals surface area contributed by atoms with Crippen LogP contribution in [0.2, 0.25) is 0 Å². The zero-order chi connectivity index (χ0) is 14.0. The van der Waals surface area contributed by atoms with Crippen LogP contribution in [0, 0.1) is 18.7 Å². The highest BCUT2D eigenvalue weighted by Crippen LogP contribution is 2.27. The maximum absolute atomic E-state index is 13.7. The summed E-state index contributed by atoms with van der Waals surface area (Å²) in [6.45, 7) is 10.5. The standard InChI is InChI=1S/C16H25FN2/c1-5-11(2)15-10-19(12(3)9-18-15)16-8-6-7-14(17)13(16)4/h6-8,11-12,15,18H,5,9-10H2,1-4H3. The summed E-state index contributed by atoms with van der Waals surface area (Å²) in [4.78, 5) is 2.35. The van der Waals surface area contributed by atoms with E-state index in [0.717, 1.165) is 24.3 Å². The number of halogens is 1. The second kappa shape index (κ2) is 5.91. The third-order valence-corrected chi connectivity index (χ3v) is 4.48. The molecule has 0 spiro atoms. The number of rotatable bonds is 3. The fourth-order valence-electron chi connectivity index (χ4n) is 2.80. The number of hydrogen-bond donors (Lipinski definition) is 1. The first-order chi connectivity index (χ1) is 9.04. The van der Waals surface area contributed by atoms with Gasteiger partial charge < -0.3 is 10.2 Å². The van der Waals surface area contributed by atoms with Crippen LogP contribution < -0.4 is 10.2 Å². The highest BCUT2D eigenvalue weighted by molar-refractivity contribution is 5.55. The summed E-state index contributed by atoms with van der Waals surface area (Å²) in [6.07, 6.45) is 1.17. The molecule has 3 atom stereocenters. The topological polar surface area (TPSA) is 15.3 Å². The van der Waals surface area contributed by atoms with Gasteiger partial charge in [-0.05, 0) is 31.9 Å². The molecule has 3 heteroatoms. The maximum atomic E-state index is 13.7. The molecular formula is C16H25FN2. The Balaban J connectivity index is 2.24. The van der Waals surface area contributed by atoms with Crippen LogP contribution in [0.5, 0.6) is 0 Å². The Hall–Kier alpha value is -1.09. The molecule has 1 saturated heterocycles. The molecule has 1 N–H and O–H groups in total. The Morgan fingerprint density at radius 1 is 1.47 bits per heavy atom. The zero-order valence-corrected chi connectivity index (χ0v) is 12.4. The SMILES string of the molecule is CCC(C)C1CN(c2cccc(F)c2C)C(C)CN1. The van der Waals surface area contributed by atoms with Gasteiger partial charge in [0.05, 0.1) is 0 Å². The lowest BCUT2D eigenvalue weighted by atomic mass is 9.95. The Labute approximate surface area is 116 Å². The van der Waals surface area contributed by atoms with E-state index in [9.17, 15) is 4.39 Å². The third kappa shape index (κ3) is 2.92. The van der Waals surface area contributed by atoms with Gasteiger partial charge in [-0.15, -0.1) is 0 Å². The lowest BCUT2D eigenvalue weighted by Gasteiger charge is -2.43. The number of piperazine rings is 1. The Morgan fingerprint density at radius 2 is 2.21 bits per heavy atom. The van der Waals surface area contributed by atoms with Crippen LogP contribution in [0.25, 0.3) is 0 Å². The average Bonchev–Trinajstić information content (AvgIpc) is 2.42. The minimum absolute atomic E-state index is 0.108. The van der Waals surface area contributed by atoms with Crippen molar-refractivity contribution in [3.05, 3.63) is 29.6 Å². The van der Waals surface area contributed by atoms with E-state index in [4.69, 9.17) is 0 Å². The van der Waals surface area contributed by atoms with Gasteiger partial charge in [-0.1, -0.05) is 26.3 Å². The van der Waals surface area contributed by atoms with E-state index in [2.05, 4.69) is 31.0 Å². The first-order valence-corrected chi connectivity index (χ1v) is 7.29. The molecule has 1 aromatic rings. The zero-order valence-electron chi connectivity index (χ0n) is 12.4. The molecule has 3 unspecified atom stereocenters. The monoisotopic (exact) mass is 264 g/mol. The van der Waals surface area contributed by atoms with Gasteiger partial charge in [0.1, 0.15) is 5.82 Å². The van der Waals surface area contributed by atoms with Gasteiger partial charge in [0, 0.05) is 36.4 Å². The molecule has 1 fully saturated rings. The molecule has 0 aliphatic carbocycles. The van der Waals surface area contributed by atoms with Crippen LogP contribution in [-0.4, -0.2) is 25.2 Å². The fourth-order valence-corrected chi connectivity index (χ4v) is 2.80. The fraction of sp³-hybridized carbons (Fsp3) is 0.625. The van der Waals surface area contributed by atoms with Gasteiger partial charge in [0.2, 0.25) is 0 Å². The number of anilines is 1. The number of hydrogen-bond acceptors (Lipinski definition) is 2. The van der Waals surface area contributed by atoms with Crippen molar-refractivity contribution in [3.8, 4) is 0 Å². The van der Waals surface area contributed by atoms with Crippen LogP contribution in [-0.2, 0) is 0 Å². The minimum Gasteiger partial charge on any atom is -0.366 e. The van der Waals surface area contributed by atoms with Crippen molar-refractivity contribution >= 4 is 5.69 Å². The summed E-state index contributed by atoms with van der Waals surface area (Å²) >= 11 is 0. The molecule has 2 rings (SSSR count). The molecule has 1 heterocycles. The first kappa shape index (κ1) is 14.3. The van der Waals surface area contributed by atoms with E-state index in [0.29, 0.717) is 18.0 Å². The minimum atomic E-state index is -0.108. The van der Waals surface area contributed by atoms with Gasteiger partial charge >= 0.3 is 0 Å². The second-order valence-corrected chi connectivity index (χ2v) is 5.79. The second-order valence-electron chi connectivity index (χ2n) is 5.79. The van der Waals surface area contributed by atoms with Gasteiger partial charge in [-0.2, -0.15) is 0 Å². The van der Waals surface area contributed by atoms with Crippen LogP contribution in [0.1, 0.15) is 32.8 Å². The lowest BCUT2D eigenvalue weighted by molar-refractivity contribution is 0.315. The predicted octanol–water partition coefficient (Wildman–Crippen LogP) is 3.35. The van der Waals surface area contributed by atoms with E-state index in [-0.39, 0.29) is 5.82 Å². The van der Waals surface area contributed by atoms with E-state index in [1.54, 1.807) is 0 Å². The van der Waals surface area contributed by atoms with Crippen molar-refractivity contribution < 1.29 is 4.39 Å². The predicted molar refractivity (Wildman–Crippen MR) is 79.2 cm³/mol. The van der Waals surface area contributed by atoms with Gasteiger partial charge in [-0.3, -0.25) is 0 Å². The highest BCUT2D eigenvalue weighted by atomic mass is 19.1. The van der Waals surface area contributed by atoms with Gasteiger partial charge in [0.15, 0.2) is 0 Å². The van der Waals surface area contributed by atoms with Crippen molar-refractivity contribution in [1.82, 2.24) is 5.32 Å². The van der Waals surface area contributed by atoms with Crippen LogP contribution >= 0.6 is 0 Å². The molecule has 1 aromatic carbocycles. The highest BCUT2D eigenvalue weighted by Gasteiger charge is 2.28. The van der Waals surface area contributed by atoms with E-state index in [1.807, 2.05) is 19.1 Å². The molecule has 0 amide bonds. The first-order valence-electron chi connectivity index (χ1n) is 7.29. The molecule has 0 aromatic heterocycles. The van der Waals surface area contributed by atoms with Crippen molar-refractivity contribution in [1.29, 1.82) is 0 Å². The summed E-state index contributed by atoms with van der Waals surface area (Å²) < 4.78 is 13.7. The molecule has 1 aliphatic rings. The smallest absolute Gasteiger partial charge is 0.128 e. The Morgan fingerprint density at radius 3 is 2.89 bits per heavy atom. The van der Waals surface area contributed by atoms with Crippen molar-refractivity contribution in [2.24, 2.45) is 5.92 Å². The Kier molecular flexibility index (Phi) is 4.46. The van der Waals surface area contributed by atoms with Crippen LogP contribution in [0.15, 0.2) is 18.2 Å². The number of nitrogens with zero attached hydrogens (tertiary/aromatic N) is 1. The van der Waals surface area contributed by atoms with Crippen molar-refractivity contribution in [2.75, 3.05) is 18.0 Å². The molecule has 0 bridgehead atoms. The summed E-state index contributed by atoms with van der Waals surface area (Å²) in [5, 5.41) is 3.62. The summed E-state index contributed by atoms with van der Waals surface area (Å²) in [5.74, 6) is 0.534. The third-order valence-electron chi connectivity index (χ3n) is 4.48. The largest absolute Gasteiger partial charge is 0.366 e. The van der Waals surface area contributed by atoms with E-state index >= 15 is 0 Å². The number of benzene rings is 1. The van der Waals surface area contributed by atoms with Crippen molar-refractivity contribution in [2.45, 2.75) is 46.2 Å².